The number of hydrogen-bond acceptors (Lipinski definition) is 1. The maximum atomic E-state index is 6.11. The molecule has 0 aliphatic rings. The third-order valence-electron chi connectivity index (χ3n) is 3.05. The summed E-state index contributed by atoms with van der Waals surface area (Å²) in [6.07, 6.45) is 2.45. The largest absolute Gasteiger partial charge is 0.313 e. The lowest BCUT2D eigenvalue weighted by Crippen LogP contribution is -2.23. The number of halogens is 1. The standard InChI is InChI=1S/C14H22ClN/c1-5-6-11(3)14(16-4)12-7-10(2)8-13(15)9-12/h7-9,11,14,16H,5-6H2,1-4H3. The fraction of sp³-hybridized carbons (Fsp3) is 0.571. The highest BCUT2D eigenvalue weighted by atomic mass is 35.5. The van der Waals surface area contributed by atoms with Crippen LogP contribution in [0.3, 0.4) is 0 Å². The molecule has 0 heterocycles. The summed E-state index contributed by atoms with van der Waals surface area (Å²) in [4.78, 5) is 0. The van der Waals surface area contributed by atoms with Crippen molar-refractivity contribution in [3.05, 3.63) is 34.3 Å². The first-order valence-electron chi connectivity index (χ1n) is 6.02. The molecule has 0 amide bonds. The van der Waals surface area contributed by atoms with Crippen LogP contribution in [0.25, 0.3) is 0 Å². The van der Waals surface area contributed by atoms with Crippen molar-refractivity contribution >= 4 is 11.6 Å². The van der Waals surface area contributed by atoms with E-state index in [1.165, 1.54) is 24.0 Å². The summed E-state index contributed by atoms with van der Waals surface area (Å²) in [5, 5.41) is 4.23. The predicted molar refractivity (Wildman–Crippen MR) is 72.1 cm³/mol. The van der Waals surface area contributed by atoms with Gasteiger partial charge in [0.1, 0.15) is 0 Å². The summed E-state index contributed by atoms with van der Waals surface area (Å²) in [5.74, 6) is 0.632. The lowest BCUT2D eigenvalue weighted by molar-refractivity contribution is 0.384. The van der Waals surface area contributed by atoms with Gasteiger partial charge in [-0.05, 0) is 49.6 Å². The molecule has 2 atom stereocenters. The first-order valence-corrected chi connectivity index (χ1v) is 6.40. The van der Waals surface area contributed by atoms with Crippen molar-refractivity contribution in [3.63, 3.8) is 0 Å². The fourth-order valence-electron chi connectivity index (χ4n) is 2.35. The highest BCUT2D eigenvalue weighted by Crippen LogP contribution is 2.28. The minimum Gasteiger partial charge on any atom is -0.313 e. The Bertz CT molecular complexity index is 315. The van der Waals surface area contributed by atoms with Gasteiger partial charge in [0.05, 0.1) is 0 Å². The van der Waals surface area contributed by atoms with E-state index in [1.54, 1.807) is 0 Å². The van der Waals surface area contributed by atoms with Crippen molar-refractivity contribution in [2.45, 2.75) is 39.7 Å². The van der Waals surface area contributed by atoms with E-state index < -0.39 is 0 Å². The Balaban J connectivity index is 2.94. The molecule has 0 aliphatic heterocycles. The Morgan fingerprint density at radius 3 is 2.50 bits per heavy atom. The molecular formula is C14H22ClN. The monoisotopic (exact) mass is 239 g/mol. The second kappa shape index (κ2) is 6.27. The quantitative estimate of drug-likeness (QED) is 0.806. The average molecular weight is 240 g/mol. The molecule has 0 aromatic heterocycles. The van der Waals surface area contributed by atoms with Crippen molar-refractivity contribution in [2.75, 3.05) is 7.05 Å². The third kappa shape index (κ3) is 3.50. The van der Waals surface area contributed by atoms with E-state index >= 15 is 0 Å². The van der Waals surface area contributed by atoms with Gasteiger partial charge in [0.15, 0.2) is 0 Å². The van der Waals surface area contributed by atoms with Crippen LogP contribution in [0, 0.1) is 12.8 Å². The van der Waals surface area contributed by atoms with Crippen molar-refractivity contribution in [1.29, 1.82) is 0 Å². The predicted octanol–water partition coefficient (Wildman–Crippen LogP) is 4.35. The Morgan fingerprint density at radius 1 is 1.31 bits per heavy atom. The van der Waals surface area contributed by atoms with Crippen LogP contribution in [0.15, 0.2) is 18.2 Å². The van der Waals surface area contributed by atoms with Crippen LogP contribution in [-0.2, 0) is 0 Å². The van der Waals surface area contributed by atoms with Crippen LogP contribution in [0.4, 0.5) is 0 Å². The van der Waals surface area contributed by atoms with Gasteiger partial charge in [-0.2, -0.15) is 0 Å². The molecule has 2 unspecified atom stereocenters. The maximum Gasteiger partial charge on any atom is 0.0411 e. The molecule has 1 rings (SSSR count). The minimum absolute atomic E-state index is 0.400. The molecular weight excluding hydrogens is 218 g/mol. The minimum atomic E-state index is 0.400. The van der Waals surface area contributed by atoms with E-state index in [0.29, 0.717) is 12.0 Å². The lowest BCUT2D eigenvalue weighted by Gasteiger charge is -2.24. The lowest BCUT2D eigenvalue weighted by atomic mass is 9.90. The zero-order valence-corrected chi connectivity index (χ0v) is 11.4. The number of hydrogen-bond donors (Lipinski definition) is 1. The number of benzene rings is 1. The van der Waals surface area contributed by atoms with E-state index in [9.17, 15) is 0 Å². The van der Waals surface area contributed by atoms with Crippen LogP contribution < -0.4 is 5.32 Å². The Labute approximate surface area is 104 Å². The summed E-state index contributed by atoms with van der Waals surface area (Å²) in [6, 6.07) is 6.70. The fourth-order valence-corrected chi connectivity index (χ4v) is 2.64. The van der Waals surface area contributed by atoms with Gasteiger partial charge in [0.2, 0.25) is 0 Å². The molecule has 0 aliphatic carbocycles. The highest BCUT2D eigenvalue weighted by Gasteiger charge is 2.17. The molecule has 2 heteroatoms. The molecule has 1 nitrogen and oxygen atoms in total. The first-order chi connectivity index (χ1) is 7.58. The molecule has 90 valence electrons. The zero-order valence-electron chi connectivity index (χ0n) is 10.7. The van der Waals surface area contributed by atoms with Crippen molar-refractivity contribution in [2.24, 2.45) is 5.92 Å². The molecule has 1 aromatic carbocycles. The maximum absolute atomic E-state index is 6.11. The Kier molecular flexibility index (Phi) is 5.30. The van der Waals surface area contributed by atoms with Gasteiger partial charge in [0.25, 0.3) is 0 Å². The van der Waals surface area contributed by atoms with Gasteiger partial charge in [-0.1, -0.05) is 37.9 Å². The summed E-state index contributed by atoms with van der Waals surface area (Å²) in [6.45, 7) is 6.61. The Morgan fingerprint density at radius 2 is 2.00 bits per heavy atom. The van der Waals surface area contributed by atoms with Crippen LogP contribution in [0.5, 0.6) is 0 Å². The molecule has 0 radical (unpaired) electrons. The van der Waals surface area contributed by atoms with E-state index in [2.05, 4.69) is 38.2 Å². The van der Waals surface area contributed by atoms with Crippen LogP contribution >= 0.6 is 11.6 Å². The normalized spacial score (nSPS) is 14.8. The number of nitrogens with one attached hydrogen (secondary N) is 1. The molecule has 0 bridgehead atoms. The summed E-state index contributed by atoms with van der Waals surface area (Å²) in [5.41, 5.74) is 2.53. The van der Waals surface area contributed by atoms with Gasteiger partial charge in [0, 0.05) is 11.1 Å². The number of aryl methyl sites for hydroxylation is 1. The second-order valence-electron chi connectivity index (χ2n) is 4.59. The smallest absolute Gasteiger partial charge is 0.0411 e. The summed E-state index contributed by atoms with van der Waals surface area (Å²) in [7, 11) is 2.02. The topological polar surface area (TPSA) is 12.0 Å². The molecule has 0 spiro atoms. The molecule has 1 aromatic rings. The highest BCUT2D eigenvalue weighted by molar-refractivity contribution is 6.30. The van der Waals surface area contributed by atoms with Crippen LogP contribution in [0.1, 0.15) is 43.9 Å². The first kappa shape index (κ1) is 13.5. The molecule has 0 saturated heterocycles. The summed E-state index contributed by atoms with van der Waals surface area (Å²) < 4.78 is 0. The molecule has 0 saturated carbocycles. The average Bonchev–Trinajstić information content (AvgIpc) is 2.17. The van der Waals surface area contributed by atoms with E-state index in [4.69, 9.17) is 11.6 Å². The molecule has 16 heavy (non-hydrogen) atoms. The van der Waals surface area contributed by atoms with Gasteiger partial charge >= 0.3 is 0 Å². The second-order valence-corrected chi connectivity index (χ2v) is 5.03. The van der Waals surface area contributed by atoms with Crippen molar-refractivity contribution in [1.82, 2.24) is 5.32 Å². The van der Waals surface area contributed by atoms with Gasteiger partial charge in [-0.15, -0.1) is 0 Å². The summed E-state index contributed by atoms with van der Waals surface area (Å²) >= 11 is 6.11. The molecule has 0 fully saturated rings. The van der Waals surface area contributed by atoms with E-state index in [-0.39, 0.29) is 0 Å². The van der Waals surface area contributed by atoms with Crippen molar-refractivity contribution in [3.8, 4) is 0 Å². The Hall–Kier alpha value is -0.530. The van der Waals surface area contributed by atoms with Crippen LogP contribution in [-0.4, -0.2) is 7.05 Å². The van der Waals surface area contributed by atoms with E-state index in [1.807, 2.05) is 13.1 Å². The van der Waals surface area contributed by atoms with Gasteiger partial charge in [-0.3, -0.25) is 0 Å². The molecule has 1 N–H and O–H groups in total. The number of rotatable bonds is 5. The van der Waals surface area contributed by atoms with Gasteiger partial charge in [-0.25, -0.2) is 0 Å². The third-order valence-corrected chi connectivity index (χ3v) is 3.27. The van der Waals surface area contributed by atoms with E-state index in [0.717, 1.165) is 5.02 Å². The van der Waals surface area contributed by atoms with Crippen LogP contribution in [0.2, 0.25) is 5.02 Å². The zero-order chi connectivity index (χ0) is 12.1. The van der Waals surface area contributed by atoms with Gasteiger partial charge < -0.3 is 5.32 Å². The van der Waals surface area contributed by atoms with Crippen molar-refractivity contribution < 1.29 is 0 Å². The SMILES string of the molecule is CCCC(C)C(NC)c1cc(C)cc(Cl)c1.